The van der Waals surface area contributed by atoms with E-state index in [1.165, 1.54) is 0 Å². The second-order valence-electron chi connectivity index (χ2n) is 3.48. The summed E-state index contributed by atoms with van der Waals surface area (Å²) >= 11 is 5.95. The molecular weight excluding hydrogens is 256 g/mol. The summed E-state index contributed by atoms with van der Waals surface area (Å²) < 4.78 is 0. The van der Waals surface area contributed by atoms with E-state index in [4.69, 9.17) is 11.6 Å². The van der Waals surface area contributed by atoms with Crippen molar-refractivity contribution in [1.82, 2.24) is 0 Å². The molecule has 0 fully saturated rings. The first kappa shape index (κ1) is 12.1. The molecule has 1 unspecified atom stereocenters. The molecule has 0 aromatic heterocycles. The van der Waals surface area contributed by atoms with Gasteiger partial charge in [-0.2, -0.15) is 0 Å². The number of carbonyl (C=O) groups is 1. The van der Waals surface area contributed by atoms with Gasteiger partial charge in [0.15, 0.2) is 10.9 Å². The molecule has 0 spiro atoms. The van der Waals surface area contributed by atoms with E-state index in [9.17, 15) is 9.59 Å². The zero-order valence-corrected chi connectivity index (χ0v) is 10.4. The number of benzene rings is 1. The Labute approximate surface area is 107 Å². The van der Waals surface area contributed by atoms with Gasteiger partial charge in [-0.05, 0) is 46.2 Å². The first-order valence-electron chi connectivity index (χ1n) is 4.98. The van der Waals surface area contributed by atoms with Crippen LogP contribution < -0.4 is 0 Å². The molecule has 1 aliphatic carbocycles. The molecule has 0 amide bonds. The summed E-state index contributed by atoms with van der Waals surface area (Å²) in [5.74, 6) is 0. The van der Waals surface area contributed by atoms with Crippen molar-refractivity contribution in [1.29, 1.82) is 0 Å². The average Bonchev–Trinajstić information content (AvgIpc) is 2.86. The quantitative estimate of drug-likeness (QED) is 0.618. The maximum absolute atomic E-state index is 10.9. The van der Waals surface area contributed by atoms with E-state index in [2.05, 4.69) is 0 Å². The van der Waals surface area contributed by atoms with Crippen LogP contribution >= 0.6 is 22.1 Å². The standard InChI is InChI=1S/C13H9ClO2S/c14-11-5-6-13(17(8-15)9-16)12(7-11)10-3-1-2-4-10/h1-3,5-8H,4H2. The van der Waals surface area contributed by atoms with Crippen LogP contribution in [-0.4, -0.2) is 10.9 Å². The Hall–Kier alpha value is -1.41. The number of carbonyl (C=O) groups excluding carboxylic acids is 2. The number of rotatable bonds is 3. The molecular formula is C13H9ClO2S. The third-order valence-electron chi connectivity index (χ3n) is 2.48. The average molecular weight is 265 g/mol. The van der Waals surface area contributed by atoms with Gasteiger partial charge in [-0.1, -0.05) is 29.8 Å². The van der Waals surface area contributed by atoms with Crippen LogP contribution in [0.3, 0.4) is 0 Å². The molecule has 0 radical (unpaired) electrons. The lowest BCUT2D eigenvalue weighted by molar-refractivity contribution is 0.568. The molecule has 1 aliphatic rings. The highest BCUT2D eigenvalue weighted by atomic mass is 35.5. The van der Waals surface area contributed by atoms with Gasteiger partial charge in [0, 0.05) is 9.92 Å². The van der Waals surface area contributed by atoms with Gasteiger partial charge in [-0.15, -0.1) is 0 Å². The van der Waals surface area contributed by atoms with Gasteiger partial charge in [0.25, 0.3) is 0 Å². The summed E-state index contributed by atoms with van der Waals surface area (Å²) in [4.78, 5) is 22.3. The lowest BCUT2D eigenvalue weighted by atomic mass is 10.1. The largest absolute Gasteiger partial charge is 0.290 e. The highest BCUT2D eigenvalue weighted by Crippen LogP contribution is 2.35. The first-order chi connectivity index (χ1) is 8.26. The van der Waals surface area contributed by atoms with E-state index in [0.29, 0.717) is 15.5 Å². The van der Waals surface area contributed by atoms with Crippen molar-refractivity contribution >= 4 is 38.5 Å². The van der Waals surface area contributed by atoms with Crippen LogP contribution in [0.15, 0.2) is 41.3 Å². The van der Waals surface area contributed by atoms with Gasteiger partial charge in [0.2, 0.25) is 0 Å². The Morgan fingerprint density at radius 3 is 2.82 bits per heavy atom. The van der Waals surface area contributed by atoms with Crippen molar-refractivity contribution in [3.63, 3.8) is 0 Å². The molecule has 0 heterocycles. The molecule has 0 aliphatic heterocycles. The van der Waals surface area contributed by atoms with Crippen LogP contribution in [0.4, 0.5) is 0 Å². The second-order valence-corrected chi connectivity index (χ2v) is 5.39. The van der Waals surface area contributed by atoms with Crippen LogP contribution in [0.2, 0.25) is 5.02 Å². The van der Waals surface area contributed by atoms with Gasteiger partial charge >= 0.3 is 0 Å². The molecule has 17 heavy (non-hydrogen) atoms. The Morgan fingerprint density at radius 1 is 1.41 bits per heavy atom. The number of hydrogen-bond donors (Lipinski definition) is 0. The molecule has 4 heteroatoms. The maximum atomic E-state index is 10.9. The van der Waals surface area contributed by atoms with Crippen LogP contribution in [-0.2, 0) is 9.59 Å². The van der Waals surface area contributed by atoms with Crippen molar-refractivity contribution in [2.24, 2.45) is 0 Å². The van der Waals surface area contributed by atoms with E-state index in [0.717, 1.165) is 17.6 Å². The van der Waals surface area contributed by atoms with E-state index < -0.39 is 10.5 Å². The van der Waals surface area contributed by atoms with E-state index in [1.54, 1.807) is 23.4 Å². The highest BCUT2D eigenvalue weighted by Gasteiger charge is 2.12. The summed E-state index contributed by atoms with van der Waals surface area (Å²) in [6.45, 7) is 0. The molecule has 1 aromatic carbocycles. The number of halogens is 1. The molecule has 2 rings (SSSR count). The van der Waals surface area contributed by atoms with Gasteiger partial charge in [0.1, 0.15) is 0 Å². The summed E-state index contributed by atoms with van der Waals surface area (Å²) in [6, 6.07) is 5.19. The molecule has 0 bridgehead atoms. The lowest BCUT2D eigenvalue weighted by Crippen LogP contribution is -1.88. The number of hydrogen-bond acceptors (Lipinski definition) is 2. The lowest BCUT2D eigenvalue weighted by Gasteiger charge is -2.09. The van der Waals surface area contributed by atoms with Crippen LogP contribution in [0.25, 0.3) is 5.57 Å². The third kappa shape index (κ3) is 2.47. The predicted octanol–water partition coefficient (Wildman–Crippen LogP) is 3.57. The van der Waals surface area contributed by atoms with E-state index in [-0.39, 0.29) is 0 Å². The summed E-state index contributed by atoms with van der Waals surface area (Å²) in [5.41, 5.74) is 2.56. The van der Waals surface area contributed by atoms with Gasteiger partial charge in [-0.25, -0.2) is 4.79 Å². The zero-order chi connectivity index (χ0) is 12.3. The van der Waals surface area contributed by atoms with Crippen LogP contribution in [0.1, 0.15) is 12.0 Å². The molecule has 2 nitrogen and oxygen atoms in total. The minimum Gasteiger partial charge on any atom is -0.290 e. The van der Waals surface area contributed by atoms with Crippen molar-refractivity contribution < 1.29 is 9.59 Å². The molecule has 86 valence electrons. The zero-order valence-electron chi connectivity index (χ0n) is 8.85. The Morgan fingerprint density at radius 2 is 2.24 bits per heavy atom. The monoisotopic (exact) mass is 264 g/mol. The smallest absolute Gasteiger partial charge is 0.185 e. The predicted molar refractivity (Wildman–Crippen MR) is 71.5 cm³/mol. The van der Waals surface area contributed by atoms with Gasteiger partial charge in [-0.3, -0.25) is 4.79 Å². The Balaban J connectivity index is 2.59. The summed E-state index contributed by atoms with van der Waals surface area (Å²) in [5, 5.41) is 2.36. The molecule has 1 atom stereocenters. The normalized spacial score (nSPS) is 15.2. The van der Waals surface area contributed by atoms with Gasteiger partial charge in [0.05, 0.1) is 0 Å². The summed E-state index contributed by atoms with van der Waals surface area (Å²) in [7, 11) is -1.13. The van der Waals surface area contributed by atoms with Crippen molar-refractivity contribution in [3.05, 3.63) is 47.0 Å². The van der Waals surface area contributed by atoms with E-state index in [1.807, 2.05) is 18.2 Å². The fourth-order valence-corrected chi connectivity index (χ4v) is 2.75. The van der Waals surface area contributed by atoms with Crippen LogP contribution in [0.5, 0.6) is 0 Å². The van der Waals surface area contributed by atoms with Crippen molar-refractivity contribution in [2.75, 3.05) is 0 Å². The Kier molecular flexibility index (Phi) is 3.75. The number of allylic oxidation sites excluding steroid dienone is 4. The van der Waals surface area contributed by atoms with Crippen molar-refractivity contribution in [2.45, 2.75) is 11.3 Å². The second kappa shape index (κ2) is 5.28. The SMILES string of the molecule is O=C=S(C=O)c1ccc(Cl)cc1C1=CC=CC1. The van der Waals surface area contributed by atoms with E-state index >= 15 is 0 Å². The first-order valence-corrected chi connectivity index (χ1v) is 6.64. The fourth-order valence-electron chi connectivity index (χ4n) is 1.71. The van der Waals surface area contributed by atoms with Crippen LogP contribution in [0, 0.1) is 0 Å². The third-order valence-corrected chi connectivity index (χ3v) is 3.92. The van der Waals surface area contributed by atoms with Crippen molar-refractivity contribution in [3.8, 4) is 0 Å². The molecule has 1 aromatic rings. The topological polar surface area (TPSA) is 34.1 Å². The minimum absolute atomic E-state index is 0.594. The summed E-state index contributed by atoms with van der Waals surface area (Å²) in [6.07, 6.45) is 6.72. The highest BCUT2D eigenvalue weighted by molar-refractivity contribution is 8.25. The molecule has 0 saturated carbocycles. The Bertz CT molecular complexity index is 581. The van der Waals surface area contributed by atoms with Gasteiger partial charge < -0.3 is 0 Å². The maximum Gasteiger partial charge on any atom is 0.185 e. The molecule has 0 N–H and O–H groups in total. The fraction of sp³-hybridized carbons (Fsp3) is 0.0769. The minimum atomic E-state index is -1.13. The molecule has 0 saturated heterocycles.